The second-order valence-electron chi connectivity index (χ2n) is 20.6. The van der Waals surface area contributed by atoms with Gasteiger partial charge in [-0.15, -0.1) is 0 Å². The molecular formula is C62H66N8O11S23. The highest BCUT2D eigenvalue weighted by atomic mass is 33.5. The van der Waals surface area contributed by atoms with E-state index in [-0.39, 0.29) is 30.2 Å². The number of aromatic nitrogens is 2. The van der Waals surface area contributed by atoms with Crippen LogP contribution in [-0.4, -0.2) is 115 Å². The Morgan fingerprint density at radius 2 is 0.865 bits per heavy atom. The summed E-state index contributed by atoms with van der Waals surface area (Å²) in [6, 6.07) is 42.4. The van der Waals surface area contributed by atoms with Crippen molar-refractivity contribution in [2.24, 2.45) is 0 Å². The Bertz CT molecular complexity index is 5270. The van der Waals surface area contributed by atoms with Crippen molar-refractivity contribution in [2.45, 2.75) is 43.8 Å². The molecule has 3 aliphatic heterocycles. The topological polar surface area (TPSA) is 270 Å². The molecule has 1 spiro atoms. The summed E-state index contributed by atoms with van der Waals surface area (Å²) in [5.41, 5.74) is 8.72. The molecule has 0 unspecified atom stereocenters. The Morgan fingerprint density at radius 3 is 1.23 bits per heavy atom. The molecule has 42 heteroatoms. The van der Waals surface area contributed by atoms with Crippen LogP contribution in [-0.2, 0) is 223 Å². The molecule has 9 N–H and O–H groups in total. The zero-order valence-electron chi connectivity index (χ0n) is 54.7. The maximum absolute atomic E-state index is 12.8. The number of carbonyl (C=O) groups is 4. The number of hydrogen-bond acceptors (Lipinski definition) is 17. The van der Waals surface area contributed by atoms with Gasteiger partial charge in [-0.3, -0.25) is 19.2 Å². The molecule has 11 rings (SSSR count). The maximum Gasteiger partial charge on any atom is 0.256 e. The second-order valence-corrected chi connectivity index (χ2v) is 57.8. The van der Waals surface area contributed by atoms with E-state index in [2.05, 4.69) is 36.6 Å². The molecule has 2 aromatic heterocycles. The first-order valence-electron chi connectivity index (χ1n) is 30.2. The summed E-state index contributed by atoms with van der Waals surface area (Å²) in [5, 5.41) is 35.7. The number of amides is 4. The minimum atomic E-state index is -0.783. The Balaban J connectivity index is 0.000000208. The fourth-order valence-corrected chi connectivity index (χ4v) is 61.1. The lowest BCUT2D eigenvalue weighted by atomic mass is 9.94. The second kappa shape index (κ2) is 50.0. The summed E-state index contributed by atoms with van der Waals surface area (Å²) in [4.78, 5) is 57.8. The third-order valence-corrected chi connectivity index (χ3v) is 58.4. The minimum absolute atomic E-state index is 0.144. The molecule has 0 aliphatic carbocycles. The van der Waals surface area contributed by atoms with Crippen molar-refractivity contribution in [1.29, 1.82) is 0 Å². The van der Waals surface area contributed by atoms with Crippen LogP contribution in [0.15, 0.2) is 158 Å². The highest BCUT2D eigenvalue weighted by molar-refractivity contribution is 8.78. The fraction of sp³-hybridized carbons (Fsp3) is 0.258. The lowest BCUT2D eigenvalue weighted by Gasteiger charge is -2.32. The zero-order valence-corrected chi connectivity index (χ0v) is 73.5. The van der Waals surface area contributed by atoms with E-state index in [1.807, 2.05) is 75.2 Å². The Morgan fingerprint density at radius 1 is 0.500 bits per heavy atom. The smallest absolute Gasteiger partial charge is 0.256 e. The summed E-state index contributed by atoms with van der Waals surface area (Å²) < 4.78 is 27.7. The summed E-state index contributed by atoms with van der Waals surface area (Å²) in [6.07, 6.45) is 6.54. The number of epoxide rings is 1. The van der Waals surface area contributed by atoms with Crippen LogP contribution < -0.4 is 41.8 Å². The first kappa shape index (κ1) is 87.3. The van der Waals surface area contributed by atoms with Gasteiger partial charge >= 0.3 is 0 Å². The maximum atomic E-state index is 12.8. The summed E-state index contributed by atoms with van der Waals surface area (Å²) in [6.45, 7) is 6.25. The van der Waals surface area contributed by atoms with E-state index in [0.717, 1.165) is 59.9 Å². The van der Waals surface area contributed by atoms with Crippen molar-refractivity contribution in [1.82, 2.24) is 20.6 Å². The molecule has 5 heterocycles. The molecule has 3 saturated heterocycles. The number of nitrogens with zero attached hydrogens (tertiary/aromatic N) is 2. The van der Waals surface area contributed by atoms with Crippen molar-refractivity contribution in [3.63, 3.8) is 0 Å². The predicted molar refractivity (Wildman–Crippen MR) is 481 cm³/mol. The van der Waals surface area contributed by atoms with Crippen molar-refractivity contribution < 1.29 is 53.1 Å². The highest BCUT2D eigenvalue weighted by Crippen LogP contribution is 2.37. The average molecular weight is 1840 g/mol. The van der Waals surface area contributed by atoms with E-state index >= 15 is 0 Å². The Labute approximate surface area is 671 Å². The Kier molecular flexibility index (Phi) is 42.0. The van der Waals surface area contributed by atoms with Crippen molar-refractivity contribution >= 4 is 277 Å². The molecule has 6 aromatic carbocycles. The van der Waals surface area contributed by atoms with Gasteiger partial charge in [0.15, 0.2) is 0 Å². The summed E-state index contributed by atoms with van der Waals surface area (Å²) in [5.74, 6) is 2.04. The quantitative estimate of drug-likeness (QED) is 0.0394. The average Bonchev–Trinajstić information content (AvgIpc) is 1.39. The van der Waals surface area contributed by atoms with Crippen molar-refractivity contribution in [3.05, 3.63) is 180 Å². The van der Waals surface area contributed by atoms with Gasteiger partial charge in [0.2, 0.25) is 0 Å². The first-order chi connectivity index (χ1) is 50.7. The lowest BCUT2D eigenvalue weighted by Crippen LogP contribution is -2.42. The van der Waals surface area contributed by atoms with Crippen LogP contribution in [0.4, 0.5) is 23.0 Å². The molecule has 0 saturated carbocycles. The number of anilines is 4. The van der Waals surface area contributed by atoms with E-state index in [4.69, 9.17) is 56.9 Å². The van der Waals surface area contributed by atoms with E-state index < -0.39 is 5.60 Å². The van der Waals surface area contributed by atoms with Crippen LogP contribution in [0.2, 0.25) is 0 Å². The standard InChI is InChI=1S/C30H30N4O5.C24H20N4O3.C6H10O2.C2H6O.S23/c1-31-29(36)26-4-2-3-21-17-23(9-10-25(21)26)39-24-11-14-32-27(18-24)34-28(35)20-5-7-22(8-6-20)33-19-30(37)12-15-38-16-13-30;1-26-24(30)21-4-2-3-16-13-18(9-10-20(16)21)31-19-11-12-27-22(14-19)28-23(29)15-5-7-17(25)8-6-15;1-3-7-4-2-6(1)5-8-6;1-2-3;1-3-5-7-9-11-13-15-17-19-21-23-22-20-18-16-14-12-10-8-6-4-2/h2-11,14,17-18,33,37H,12-13,15-16,19H2,1H3,(H,31,36)(H,32,34,35);2-14H,25H2,1H3,(H,26,30)(H,27,28,29);1-5H2;3H,2H2,1H3;. The SMILES string of the molecule is C1CC2(CCO1)CO2.CCO.CNC(=O)c1cccc2cc(Oc3ccnc(NC(=O)c4ccc(N)cc4)c3)ccc12.CNC(=O)c1cccc2cc(Oc3ccnc(NC(=O)c4ccc(NCC5(O)CCOCC5)cc4)c3)ccc12.S=S=S=S=S=S=S=S=S=S=S=S=S=S=S=S=S=S=S=S=S=S=S. The largest absolute Gasteiger partial charge is 0.457 e. The molecule has 3 fully saturated rings. The number of nitrogens with two attached hydrogens (primary N) is 1. The van der Waals surface area contributed by atoms with Gasteiger partial charge in [-0.1, -0.05) is 24.3 Å². The number of nitrogens with one attached hydrogen (secondary N) is 5. The number of aliphatic hydroxyl groups is 2. The van der Waals surface area contributed by atoms with Gasteiger partial charge in [-0.05, 0) is 138 Å². The van der Waals surface area contributed by atoms with Gasteiger partial charge in [0.1, 0.15) is 34.6 Å². The van der Waals surface area contributed by atoms with Crippen molar-refractivity contribution in [2.75, 3.05) is 82.0 Å². The summed E-state index contributed by atoms with van der Waals surface area (Å²) >= 11 is 9.54. The minimum Gasteiger partial charge on any atom is -0.457 e. The molecule has 0 bridgehead atoms. The molecule has 104 heavy (non-hydrogen) atoms. The van der Waals surface area contributed by atoms with Crippen molar-refractivity contribution in [3.8, 4) is 23.0 Å². The van der Waals surface area contributed by atoms with Crippen LogP contribution in [0.25, 0.3) is 21.5 Å². The zero-order chi connectivity index (χ0) is 74.0. The van der Waals surface area contributed by atoms with E-state index in [9.17, 15) is 24.3 Å². The molecule has 4 amide bonds. The van der Waals surface area contributed by atoms with Crippen LogP contribution >= 0.6 is 0 Å². The molecule has 558 valence electrons. The number of hydrogen-bond donors (Lipinski definition) is 8. The number of fused-ring (bicyclic) bond motifs is 2. The van der Waals surface area contributed by atoms with Gasteiger partial charge in [-0.25, -0.2) is 9.97 Å². The number of aliphatic hydroxyl groups excluding tert-OH is 1. The van der Waals surface area contributed by atoms with E-state index in [0.29, 0.717) is 101 Å². The number of benzene rings is 6. The van der Waals surface area contributed by atoms with Gasteiger partial charge in [0, 0.05) is 346 Å². The molecule has 3 aliphatic rings. The first-order valence-corrected chi connectivity index (χ1v) is 59.5. The number of ether oxygens (including phenoxy) is 5. The predicted octanol–water partition coefficient (Wildman–Crippen LogP) is 9.32. The van der Waals surface area contributed by atoms with Crippen LogP contribution in [0, 0.1) is 0 Å². The third-order valence-electron chi connectivity index (χ3n) is 13.9. The molecule has 0 radical (unpaired) electrons. The normalized spacial score (nSPS) is 12.9. The van der Waals surface area contributed by atoms with Crippen LogP contribution in [0.1, 0.15) is 74.0 Å². The number of pyridine rings is 2. The Hall–Kier alpha value is -3.92. The molecule has 0 atom stereocenters. The highest BCUT2D eigenvalue weighted by Gasteiger charge is 2.45. The number of nitrogen functional groups attached to an aromatic ring is 1. The van der Waals surface area contributed by atoms with Gasteiger partial charge < -0.3 is 66.2 Å². The van der Waals surface area contributed by atoms with Gasteiger partial charge in [0.25, 0.3) is 23.6 Å². The molecule has 8 aromatic rings. The summed E-state index contributed by atoms with van der Waals surface area (Å²) in [7, 11) is 39.5. The van der Waals surface area contributed by atoms with Gasteiger partial charge in [0.05, 0.1) is 17.8 Å². The van der Waals surface area contributed by atoms with E-state index in [1.54, 1.807) is 273 Å². The van der Waals surface area contributed by atoms with Gasteiger partial charge in [-0.2, -0.15) is 0 Å². The van der Waals surface area contributed by atoms with Crippen LogP contribution in [0.5, 0.6) is 23.0 Å². The molecule has 19 nitrogen and oxygen atoms in total. The van der Waals surface area contributed by atoms with Crippen LogP contribution in [0.3, 0.4) is 0 Å². The molecular weight excluding hydrogens is 1770 g/mol. The fourth-order valence-electron chi connectivity index (χ4n) is 8.97. The monoisotopic (exact) mass is 1830 g/mol. The number of carbonyl (C=O) groups excluding carboxylic acids is 4. The lowest BCUT2D eigenvalue weighted by molar-refractivity contribution is -0.0543. The van der Waals surface area contributed by atoms with E-state index in [1.165, 1.54) is 17.8 Å². The number of rotatable bonds is 13. The third kappa shape index (κ3) is 32.3.